The van der Waals surface area contributed by atoms with Crippen molar-refractivity contribution in [3.8, 4) is 5.75 Å². The quantitative estimate of drug-likeness (QED) is 0.860. The van der Waals surface area contributed by atoms with Crippen molar-refractivity contribution in [3.63, 3.8) is 0 Å². The predicted molar refractivity (Wildman–Crippen MR) is 84.0 cm³/mol. The molecular formula is C18H23NO. The van der Waals surface area contributed by atoms with Crippen LogP contribution < -0.4 is 5.32 Å². The Bertz CT molecular complexity index is 530. The van der Waals surface area contributed by atoms with E-state index in [1.807, 2.05) is 12.1 Å². The highest BCUT2D eigenvalue weighted by molar-refractivity contribution is 5.27. The normalized spacial score (nSPS) is 13.9. The van der Waals surface area contributed by atoms with E-state index >= 15 is 0 Å². The number of phenols is 1. The topological polar surface area (TPSA) is 32.3 Å². The van der Waals surface area contributed by atoms with E-state index in [4.69, 9.17) is 0 Å². The zero-order valence-corrected chi connectivity index (χ0v) is 12.4. The minimum atomic E-state index is 0.322. The molecule has 2 aromatic carbocycles. The summed E-state index contributed by atoms with van der Waals surface area (Å²) in [5.41, 5.74) is 3.84. The average molecular weight is 269 g/mol. The maximum atomic E-state index is 9.29. The third-order valence-electron chi connectivity index (χ3n) is 3.59. The Morgan fingerprint density at radius 2 is 1.55 bits per heavy atom. The van der Waals surface area contributed by atoms with Gasteiger partial charge in [0.15, 0.2) is 0 Å². The van der Waals surface area contributed by atoms with Crippen molar-refractivity contribution in [1.82, 2.24) is 5.32 Å². The van der Waals surface area contributed by atoms with E-state index < -0.39 is 0 Å². The average Bonchev–Trinajstić information content (AvgIpc) is 2.42. The number of hydrogen-bond donors (Lipinski definition) is 2. The number of rotatable bonds is 5. The van der Waals surface area contributed by atoms with Crippen LogP contribution in [-0.4, -0.2) is 11.1 Å². The fourth-order valence-corrected chi connectivity index (χ4v) is 2.42. The maximum Gasteiger partial charge on any atom is 0.115 e. The largest absolute Gasteiger partial charge is 0.508 e. The van der Waals surface area contributed by atoms with Crippen LogP contribution in [0.25, 0.3) is 0 Å². The summed E-state index contributed by atoms with van der Waals surface area (Å²) in [5, 5.41) is 12.9. The lowest BCUT2D eigenvalue weighted by Gasteiger charge is -2.20. The third-order valence-corrected chi connectivity index (χ3v) is 3.59. The Kier molecular flexibility index (Phi) is 4.80. The van der Waals surface area contributed by atoms with Gasteiger partial charge in [-0.2, -0.15) is 0 Å². The smallest absolute Gasteiger partial charge is 0.115 e. The number of nitrogens with one attached hydrogen (secondary N) is 1. The molecule has 2 rings (SSSR count). The summed E-state index contributed by atoms with van der Waals surface area (Å²) >= 11 is 0. The van der Waals surface area contributed by atoms with Crippen molar-refractivity contribution in [3.05, 3.63) is 65.2 Å². The first-order chi connectivity index (χ1) is 9.54. The van der Waals surface area contributed by atoms with E-state index in [-0.39, 0.29) is 0 Å². The molecule has 0 saturated carbocycles. The lowest BCUT2D eigenvalue weighted by atomic mass is 10.0. The highest BCUT2D eigenvalue weighted by atomic mass is 16.3. The summed E-state index contributed by atoms with van der Waals surface area (Å²) in [7, 11) is 0. The summed E-state index contributed by atoms with van der Waals surface area (Å²) in [6, 6.07) is 16.8. The van der Waals surface area contributed by atoms with Crippen molar-refractivity contribution in [2.45, 2.75) is 39.3 Å². The summed E-state index contributed by atoms with van der Waals surface area (Å²) in [6.45, 7) is 6.49. The van der Waals surface area contributed by atoms with Gasteiger partial charge in [0.05, 0.1) is 0 Å². The highest BCUT2D eigenvalue weighted by Gasteiger charge is 2.10. The van der Waals surface area contributed by atoms with Gasteiger partial charge in [0.2, 0.25) is 0 Å². The molecule has 0 aliphatic rings. The minimum Gasteiger partial charge on any atom is -0.508 e. The van der Waals surface area contributed by atoms with E-state index in [1.165, 1.54) is 16.7 Å². The van der Waals surface area contributed by atoms with Crippen LogP contribution in [0.15, 0.2) is 48.5 Å². The Balaban J connectivity index is 1.92. The van der Waals surface area contributed by atoms with E-state index in [0.717, 1.165) is 6.42 Å². The molecule has 106 valence electrons. The first kappa shape index (κ1) is 14.6. The fraction of sp³-hybridized carbons (Fsp3) is 0.333. The van der Waals surface area contributed by atoms with Gasteiger partial charge < -0.3 is 10.4 Å². The van der Waals surface area contributed by atoms with Crippen LogP contribution >= 0.6 is 0 Å². The first-order valence-electron chi connectivity index (χ1n) is 7.15. The molecule has 2 heteroatoms. The first-order valence-corrected chi connectivity index (χ1v) is 7.15. The van der Waals surface area contributed by atoms with Crippen LogP contribution in [0.5, 0.6) is 5.75 Å². The van der Waals surface area contributed by atoms with Gasteiger partial charge in [-0.1, -0.05) is 42.0 Å². The van der Waals surface area contributed by atoms with Crippen LogP contribution in [-0.2, 0) is 6.42 Å². The molecule has 0 spiro atoms. The number of benzene rings is 2. The Morgan fingerprint density at radius 1 is 0.950 bits per heavy atom. The molecule has 0 heterocycles. The molecule has 0 bridgehead atoms. The molecule has 20 heavy (non-hydrogen) atoms. The van der Waals surface area contributed by atoms with Crippen molar-refractivity contribution < 1.29 is 5.11 Å². The third kappa shape index (κ3) is 4.10. The lowest BCUT2D eigenvalue weighted by Crippen LogP contribution is -2.30. The Morgan fingerprint density at radius 3 is 2.15 bits per heavy atom. The zero-order valence-electron chi connectivity index (χ0n) is 12.4. The summed E-state index contributed by atoms with van der Waals surface area (Å²) < 4.78 is 0. The molecule has 0 aliphatic carbocycles. The number of hydrogen-bond acceptors (Lipinski definition) is 2. The Hall–Kier alpha value is -1.80. The lowest BCUT2D eigenvalue weighted by molar-refractivity contribution is 0.470. The van der Waals surface area contributed by atoms with Gasteiger partial charge in [-0.25, -0.2) is 0 Å². The maximum absolute atomic E-state index is 9.29. The molecule has 0 aliphatic heterocycles. The van der Waals surface area contributed by atoms with E-state index in [0.29, 0.717) is 17.8 Å². The minimum absolute atomic E-state index is 0.322. The van der Waals surface area contributed by atoms with Gasteiger partial charge >= 0.3 is 0 Å². The van der Waals surface area contributed by atoms with Crippen molar-refractivity contribution in [2.75, 3.05) is 0 Å². The van der Waals surface area contributed by atoms with Gasteiger partial charge in [-0.05, 0) is 50.5 Å². The van der Waals surface area contributed by atoms with Crippen molar-refractivity contribution >= 4 is 0 Å². The molecule has 0 aromatic heterocycles. The molecule has 2 nitrogen and oxygen atoms in total. The second-order valence-corrected chi connectivity index (χ2v) is 5.57. The van der Waals surface area contributed by atoms with Crippen molar-refractivity contribution in [1.29, 1.82) is 0 Å². The van der Waals surface area contributed by atoms with Gasteiger partial charge in [0, 0.05) is 12.1 Å². The van der Waals surface area contributed by atoms with E-state index in [1.54, 1.807) is 12.1 Å². The Labute approximate surface area is 121 Å². The molecule has 0 saturated heterocycles. The van der Waals surface area contributed by atoms with Crippen LogP contribution in [0.1, 0.15) is 36.6 Å². The molecule has 0 fully saturated rings. The summed E-state index contributed by atoms with van der Waals surface area (Å²) in [5.74, 6) is 0.322. The number of aromatic hydroxyl groups is 1. The fourth-order valence-electron chi connectivity index (χ4n) is 2.42. The molecule has 0 radical (unpaired) electrons. The molecule has 2 aromatic rings. The molecule has 0 amide bonds. The van der Waals surface area contributed by atoms with Crippen LogP contribution in [0.4, 0.5) is 0 Å². The van der Waals surface area contributed by atoms with Crippen molar-refractivity contribution in [2.24, 2.45) is 0 Å². The predicted octanol–water partition coefficient (Wildman–Crippen LogP) is 3.98. The second kappa shape index (κ2) is 6.58. The van der Waals surface area contributed by atoms with Gasteiger partial charge in [0.25, 0.3) is 0 Å². The monoisotopic (exact) mass is 269 g/mol. The second-order valence-electron chi connectivity index (χ2n) is 5.57. The number of aryl methyl sites for hydroxylation is 1. The van der Waals surface area contributed by atoms with Gasteiger partial charge in [-0.15, -0.1) is 0 Å². The summed E-state index contributed by atoms with van der Waals surface area (Å²) in [6.07, 6.45) is 0.955. The van der Waals surface area contributed by atoms with Gasteiger partial charge in [-0.3, -0.25) is 0 Å². The zero-order chi connectivity index (χ0) is 14.5. The SMILES string of the molecule is Cc1ccc([C@H](C)NC(C)Cc2ccc(O)cc2)cc1. The van der Waals surface area contributed by atoms with E-state index in [9.17, 15) is 5.11 Å². The molecule has 1 unspecified atom stereocenters. The van der Waals surface area contributed by atoms with Gasteiger partial charge in [0.1, 0.15) is 5.75 Å². The standard InChI is InChI=1S/C18H23NO/c1-13-4-8-17(9-5-13)15(3)19-14(2)12-16-6-10-18(20)11-7-16/h4-11,14-15,19-20H,12H2,1-3H3/t14?,15-/m0/s1. The van der Waals surface area contributed by atoms with E-state index in [2.05, 4.69) is 50.4 Å². The highest BCUT2D eigenvalue weighted by Crippen LogP contribution is 2.16. The summed E-state index contributed by atoms with van der Waals surface area (Å²) in [4.78, 5) is 0. The molecule has 2 atom stereocenters. The number of phenolic OH excluding ortho intramolecular Hbond substituents is 1. The van der Waals surface area contributed by atoms with Crippen LogP contribution in [0, 0.1) is 6.92 Å². The van der Waals surface area contributed by atoms with Crippen LogP contribution in [0.3, 0.4) is 0 Å². The molecular weight excluding hydrogens is 246 g/mol. The van der Waals surface area contributed by atoms with Crippen LogP contribution in [0.2, 0.25) is 0 Å². The molecule has 2 N–H and O–H groups in total.